The number of anilines is 1. The third-order valence-electron chi connectivity index (χ3n) is 4.23. The van der Waals surface area contributed by atoms with Gasteiger partial charge in [0.1, 0.15) is 0 Å². The minimum atomic E-state index is -0.459. The molecule has 3 rings (SSSR count). The van der Waals surface area contributed by atoms with Crippen LogP contribution in [0.4, 0.5) is 5.69 Å². The molecule has 0 fully saturated rings. The quantitative estimate of drug-likeness (QED) is 0.835. The Hall–Kier alpha value is -2.11. The Bertz CT molecular complexity index is 608. The van der Waals surface area contributed by atoms with Crippen LogP contribution in [0.2, 0.25) is 0 Å². The summed E-state index contributed by atoms with van der Waals surface area (Å²) in [7, 11) is 1.57. The van der Waals surface area contributed by atoms with Crippen molar-refractivity contribution in [1.29, 1.82) is 0 Å². The lowest BCUT2D eigenvalue weighted by Crippen LogP contribution is -2.37. The average molecular weight is 301 g/mol. The van der Waals surface area contributed by atoms with Crippen molar-refractivity contribution in [2.75, 3.05) is 19.0 Å². The van der Waals surface area contributed by atoms with Crippen LogP contribution in [0.25, 0.3) is 0 Å². The van der Waals surface area contributed by atoms with Gasteiger partial charge in [0.15, 0.2) is 0 Å². The molecule has 0 aromatic heterocycles. The number of rotatable bonds is 4. The molecule has 1 aromatic carbocycles. The minimum absolute atomic E-state index is 0.0236. The second-order valence-corrected chi connectivity index (χ2v) is 5.44. The molecule has 1 aromatic rings. The Balaban J connectivity index is 1.80. The zero-order valence-electron chi connectivity index (χ0n) is 12.4. The summed E-state index contributed by atoms with van der Waals surface area (Å²) in [6.07, 6.45) is 3.71. The monoisotopic (exact) mass is 301 g/mol. The lowest BCUT2D eigenvalue weighted by atomic mass is 9.83. The summed E-state index contributed by atoms with van der Waals surface area (Å²) in [4.78, 5) is 12.5. The number of aliphatic hydroxyl groups is 1. The fourth-order valence-electron chi connectivity index (χ4n) is 3.14. The largest absolute Gasteiger partial charge is 0.471 e. The zero-order chi connectivity index (χ0) is 15.5. The van der Waals surface area contributed by atoms with E-state index < -0.39 is 6.29 Å². The van der Waals surface area contributed by atoms with E-state index in [4.69, 9.17) is 9.47 Å². The van der Waals surface area contributed by atoms with Crippen molar-refractivity contribution in [2.24, 2.45) is 11.8 Å². The van der Waals surface area contributed by atoms with Gasteiger partial charge in [0.05, 0.1) is 24.4 Å². The maximum absolute atomic E-state index is 12.5. The molecule has 1 amide bonds. The van der Waals surface area contributed by atoms with Gasteiger partial charge in [-0.05, 0) is 24.1 Å². The van der Waals surface area contributed by atoms with Crippen molar-refractivity contribution in [3.8, 4) is 0 Å². The molecule has 3 atom stereocenters. The third-order valence-corrected chi connectivity index (χ3v) is 4.23. The molecule has 5 heteroatoms. The number of para-hydroxylation sites is 1. The lowest BCUT2D eigenvalue weighted by Gasteiger charge is -2.34. The topological polar surface area (TPSA) is 67.8 Å². The van der Waals surface area contributed by atoms with Crippen LogP contribution >= 0.6 is 0 Å². The minimum Gasteiger partial charge on any atom is -0.471 e. The first kappa shape index (κ1) is 14.8. The number of benzene rings is 1. The van der Waals surface area contributed by atoms with Gasteiger partial charge in [-0.1, -0.05) is 24.3 Å². The summed E-state index contributed by atoms with van der Waals surface area (Å²) in [6, 6.07) is 9.30. The van der Waals surface area contributed by atoms with E-state index in [2.05, 4.69) is 5.32 Å². The highest BCUT2D eigenvalue weighted by Crippen LogP contribution is 2.43. The highest BCUT2D eigenvalue weighted by atomic mass is 16.7. The van der Waals surface area contributed by atoms with E-state index >= 15 is 0 Å². The van der Waals surface area contributed by atoms with Crippen LogP contribution in [0.1, 0.15) is 6.42 Å². The van der Waals surface area contributed by atoms with Crippen LogP contribution in [0.3, 0.4) is 0 Å². The number of allylic oxidation sites excluding steroid dienone is 1. The van der Waals surface area contributed by atoms with Crippen molar-refractivity contribution in [3.63, 3.8) is 0 Å². The molecule has 0 saturated heterocycles. The number of fused-ring (bicyclic) bond motifs is 1. The molecular weight excluding hydrogens is 282 g/mol. The normalized spacial score (nSPS) is 26.5. The zero-order valence-corrected chi connectivity index (χ0v) is 12.4. The van der Waals surface area contributed by atoms with E-state index in [0.29, 0.717) is 12.0 Å². The SMILES string of the molecule is COC1OC=C(C(=O)Nc2ccccc2)C2CC=C(CO)C12. The summed E-state index contributed by atoms with van der Waals surface area (Å²) in [6.45, 7) is -0.0437. The smallest absolute Gasteiger partial charge is 0.255 e. The maximum Gasteiger partial charge on any atom is 0.255 e. The Kier molecular flexibility index (Phi) is 4.27. The van der Waals surface area contributed by atoms with Gasteiger partial charge < -0.3 is 19.9 Å². The number of amides is 1. The number of carbonyl (C=O) groups excluding carboxylic acids is 1. The molecule has 116 valence electrons. The Morgan fingerprint density at radius 1 is 1.41 bits per heavy atom. The molecule has 1 aliphatic heterocycles. The number of carbonyl (C=O) groups is 1. The van der Waals surface area contributed by atoms with Gasteiger partial charge in [0.25, 0.3) is 5.91 Å². The average Bonchev–Trinajstić information content (AvgIpc) is 2.99. The highest BCUT2D eigenvalue weighted by Gasteiger charge is 2.43. The molecule has 2 N–H and O–H groups in total. The summed E-state index contributed by atoms with van der Waals surface area (Å²) in [5.74, 6) is -0.315. The molecule has 0 spiro atoms. The van der Waals surface area contributed by atoms with Crippen LogP contribution in [0.15, 0.2) is 53.8 Å². The molecule has 22 heavy (non-hydrogen) atoms. The summed E-state index contributed by atoms with van der Waals surface area (Å²) in [5, 5.41) is 12.4. The van der Waals surface area contributed by atoms with Gasteiger partial charge in [-0.3, -0.25) is 4.79 Å². The second kappa shape index (κ2) is 6.34. The molecule has 1 heterocycles. The molecule has 3 unspecified atom stereocenters. The number of nitrogens with one attached hydrogen (secondary N) is 1. The maximum atomic E-state index is 12.5. The lowest BCUT2D eigenvalue weighted by molar-refractivity contribution is -0.134. The highest BCUT2D eigenvalue weighted by molar-refractivity contribution is 6.04. The van der Waals surface area contributed by atoms with E-state index in [1.54, 1.807) is 7.11 Å². The Morgan fingerprint density at radius 2 is 2.18 bits per heavy atom. The van der Waals surface area contributed by atoms with E-state index in [0.717, 1.165) is 11.3 Å². The molecule has 5 nitrogen and oxygen atoms in total. The van der Waals surface area contributed by atoms with Gasteiger partial charge in [0.2, 0.25) is 6.29 Å². The van der Waals surface area contributed by atoms with Crippen LogP contribution in [-0.4, -0.2) is 31.0 Å². The fourth-order valence-corrected chi connectivity index (χ4v) is 3.14. The van der Waals surface area contributed by atoms with E-state index in [1.807, 2.05) is 36.4 Å². The first-order valence-electron chi connectivity index (χ1n) is 7.29. The molecular formula is C17H19NO4. The van der Waals surface area contributed by atoms with Crippen molar-refractivity contribution in [3.05, 3.63) is 53.8 Å². The van der Waals surface area contributed by atoms with Crippen LogP contribution < -0.4 is 5.32 Å². The summed E-state index contributed by atoms with van der Waals surface area (Å²) >= 11 is 0. The van der Waals surface area contributed by atoms with E-state index in [9.17, 15) is 9.90 Å². The van der Waals surface area contributed by atoms with Crippen LogP contribution in [0, 0.1) is 11.8 Å². The number of aliphatic hydroxyl groups excluding tert-OH is 1. The van der Waals surface area contributed by atoms with Gasteiger partial charge in [0, 0.05) is 18.7 Å². The number of methoxy groups -OCH3 is 1. The summed E-state index contributed by atoms with van der Waals surface area (Å²) < 4.78 is 10.9. The molecule has 1 aliphatic carbocycles. The van der Waals surface area contributed by atoms with E-state index in [-0.39, 0.29) is 24.3 Å². The van der Waals surface area contributed by atoms with Gasteiger partial charge in [-0.15, -0.1) is 0 Å². The van der Waals surface area contributed by atoms with Crippen molar-refractivity contribution >= 4 is 11.6 Å². The van der Waals surface area contributed by atoms with Crippen LogP contribution in [-0.2, 0) is 14.3 Å². The first-order chi connectivity index (χ1) is 10.7. The van der Waals surface area contributed by atoms with Gasteiger partial charge in [-0.25, -0.2) is 0 Å². The van der Waals surface area contributed by atoms with Crippen molar-refractivity contribution in [2.45, 2.75) is 12.7 Å². The number of ether oxygens (including phenoxy) is 2. The predicted molar refractivity (Wildman–Crippen MR) is 81.8 cm³/mol. The Labute approximate surface area is 129 Å². The number of hydrogen-bond donors (Lipinski definition) is 2. The third kappa shape index (κ3) is 2.65. The molecule has 0 bridgehead atoms. The van der Waals surface area contributed by atoms with Crippen LogP contribution in [0.5, 0.6) is 0 Å². The first-order valence-corrected chi connectivity index (χ1v) is 7.29. The fraction of sp³-hybridized carbons (Fsp3) is 0.353. The van der Waals surface area contributed by atoms with Gasteiger partial charge in [-0.2, -0.15) is 0 Å². The van der Waals surface area contributed by atoms with Crippen molar-refractivity contribution in [1.82, 2.24) is 0 Å². The molecule has 0 saturated carbocycles. The number of hydrogen-bond acceptors (Lipinski definition) is 4. The van der Waals surface area contributed by atoms with Gasteiger partial charge >= 0.3 is 0 Å². The predicted octanol–water partition coefficient (Wildman–Crippen LogP) is 2.07. The Morgan fingerprint density at radius 3 is 2.86 bits per heavy atom. The molecule has 2 aliphatic rings. The summed E-state index contributed by atoms with van der Waals surface area (Å²) in [5.41, 5.74) is 2.20. The standard InChI is InChI=1S/C17H19NO4/c1-21-17-15-11(9-19)7-8-13(15)14(10-22-17)16(20)18-12-5-3-2-4-6-12/h2-7,10,13,15,17,19H,8-9H2,1H3,(H,18,20). The molecule has 0 radical (unpaired) electrons. The second-order valence-electron chi connectivity index (χ2n) is 5.44. The van der Waals surface area contributed by atoms with E-state index in [1.165, 1.54) is 6.26 Å². The van der Waals surface area contributed by atoms with Crippen molar-refractivity contribution < 1.29 is 19.4 Å².